The van der Waals surface area contributed by atoms with Crippen LogP contribution in [0, 0.1) is 11.3 Å². The van der Waals surface area contributed by atoms with E-state index in [0.717, 1.165) is 27.6 Å². The predicted octanol–water partition coefficient (Wildman–Crippen LogP) is 5.35. The van der Waals surface area contributed by atoms with Crippen molar-refractivity contribution in [3.8, 4) is 17.6 Å². The summed E-state index contributed by atoms with van der Waals surface area (Å²) in [6.07, 6.45) is 1.63. The SMILES string of the molecule is COc1cc2c(c3ccccc13)OC(N=CN(C)C)=C(C#N)C2c1ccc(Cl)cc1. The minimum atomic E-state index is -0.358. The van der Waals surface area contributed by atoms with Crippen LogP contribution >= 0.6 is 11.6 Å². The van der Waals surface area contributed by atoms with Gasteiger partial charge >= 0.3 is 0 Å². The third-order valence-corrected chi connectivity index (χ3v) is 5.22. The molecule has 0 amide bonds. The molecule has 0 aromatic heterocycles. The smallest absolute Gasteiger partial charge is 0.235 e. The summed E-state index contributed by atoms with van der Waals surface area (Å²) in [7, 11) is 5.37. The van der Waals surface area contributed by atoms with Crippen molar-refractivity contribution in [1.82, 2.24) is 4.90 Å². The molecule has 5 nitrogen and oxygen atoms in total. The van der Waals surface area contributed by atoms with Crippen molar-refractivity contribution >= 4 is 28.7 Å². The number of allylic oxidation sites excluding steroid dienone is 1. The van der Waals surface area contributed by atoms with Gasteiger partial charge in [-0.3, -0.25) is 0 Å². The molecule has 0 radical (unpaired) electrons. The third-order valence-electron chi connectivity index (χ3n) is 4.96. The molecule has 4 rings (SSSR count). The summed E-state index contributed by atoms with van der Waals surface area (Å²) in [6.45, 7) is 0. The Bertz CT molecular complexity index is 1210. The van der Waals surface area contributed by atoms with Crippen LogP contribution in [0.5, 0.6) is 11.5 Å². The predicted molar refractivity (Wildman–Crippen MR) is 119 cm³/mol. The lowest BCUT2D eigenvalue weighted by Crippen LogP contribution is -2.17. The molecular weight excluding hydrogens is 398 g/mol. The first-order valence-electron chi connectivity index (χ1n) is 9.41. The van der Waals surface area contributed by atoms with Crippen LogP contribution < -0.4 is 9.47 Å². The van der Waals surface area contributed by atoms with Crippen molar-refractivity contribution in [2.45, 2.75) is 5.92 Å². The lowest BCUT2D eigenvalue weighted by molar-refractivity contribution is 0.393. The van der Waals surface area contributed by atoms with Crippen LogP contribution in [0.1, 0.15) is 17.0 Å². The number of ether oxygens (including phenoxy) is 2. The van der Waals surface area contributed by atoms with E-state index in [1.807, 2.05) is 68.7 Å². The zero-order valence-corrected chi connectivity index (χ0v) is 17.6. The maximum absolute atomic E-state index is 10.0. The minimum Gasteiger partial charge on any atom is -0.496 e. The molecule has 0 N–H and O–H groups in total. The maximum Gasteiger partial charge on any atom is 0.235 e. The number of rotatable bonds is 4. The normalized spacial score (nSPS) is 15.6. The van der Waals surface area contributed by atoms with Gasteiger partial charge in [0.25, 0.3) is 0 Å². The van der Waals surface area contributed by atoms with Gasteiger partial charge in [0, 0.05) is 35.5 Å². The molecule has 1 aliphatic rings. The molecule has 0 bridgehead atoms. The fraction of sp³-hybridized carbons (Fsp3) is 0.167. The van der Waals surface area contributed by atoms with Gasteiger partial charge in [0.05, 0.1) is 19.4 Å². The number of hydrogen-bond acceptors (Lipinski definition) is 4. The molecule has 30 heavy (non-hydrogen) atoms. The molecule has 1 unspecified atom stereocenters. The van der Waals surface area contributed by atoms with E-state index in [1.54, 1.807) is 18.3 Å². The quantitative estimate of drug-likeness (QED) is 0.424. The van der Waals surface area contributed by atoms with Crippen LogP contribution in [0.15, 0.2) is 71.0 Å². The maximum atomic E-state index is 10.0. The van der Waals surface area contributed by atoms with Gasteiger partial charge in [0.2, 0.25) is 5.88 Å². The van der Waals surface area contributed by atoms with Crippen LogP contribution in [-0.4, -0.2) is 32.4 Å². The van der Waals surface area contributed by atoms with Gasteiger partial charge < -0.3 is 14.4 Å². The van der Waals surface area contributed by atoms with Crippen LogP contribution in [0.2, 0.25) is 5.02 Å². The van der Waals surface area contributed by atoms with Crippen molar-refractivity contribution in [1.29, 1.82) is 5.26 Å². The number of fused-ring (bicyclic) bond motifs is 3. The summed E-state index contributed by atoms with van der Waals surface area (Å²) < 4.78 is 11.9. The zero-order chi connectivity index (χ0) is 21.3. The first-order valence-corrected chi connectivity index (χ1v) is 9.79. The average Bonchev–Trinajstić information content (AvgIpc) is 2.76. The summed E-state index contributed by atoms with van der Waals surface area (Å²) in [5.41, 5.74) is 2.21. The standard InChI is InChI=1S/C24H20ClN3O2/c1-28(2)14-27-24-20(13-26)22(15-8-10-16(25)11-9-15)19-12-21(29-3)17-6-4-5-7-18(17)23(19)30-24/h4-12,14,22H,1-3H3. The highest BCUT2D eigenvalue weighted by molar-refractivity contribution is 6.30. The number of benzene rings is 3. The molecule has 150 valence electrons. The van der Waals surface area contributed by atoms with E-state index in [9.17, 15) is 5.26 Å². The van der Waals surface area contributed by atoms with Gasteiger partial charge in [-0.05, 0) is 23.8 Å². The Labute approximate surface area is 180 Å². The average molecular weight is 418 g/mol. The van der Waals surface area contributed by atoms with Gasteiger partial charge in [-0.25, -0.2) is 4.99 Å². The monoisotopic (exact) mass is 417 g/mol. The topological polar surface area (TPSA) is 57.9 Å². The van der Waals surface area contributed by atoms with Gasteiger partial charge in [0.1, 0.15) is 23.1 Å². The fourth-order valence-electron chi connectivity index (χ4n) is 3.64. The molecule has 0 aliphatic carbocycles. The second-order valence-corrected chi connectivity index (χ2v) is 7.60. The largest absolute Gasteiger partial charge is 0.496 e. The lowest BCUT2D eigenvalue weighted by atomic mass is 9.82. The number of nitriles is 1. The Morgan fingerprint density at radius 3 is 2.47 bits per heavy atom. The molecule has 0 fully saturated rings. The van der Waals surface area contributed by atoms with E-state index in [4.69, 9.17) is 21.1 Å². The fourth-order valence-corrected chi connectivity index (χ4v) is 3.77. The highest BCUT2D eigenvalue weighted by atomic mass is 35.5. The Morgan fingerprint density at radius 2 is 1.83 bits per heavy atom. The Kier molecular flexibility index (Phi) is 5.35. The van der Waals surface area contributed by atoms with Gasteiger partial charge in [-0.2, -0.15) is 5.26 Å². The third kappa shape index (κ3) is 3.47. The second kappa shape index (κ2) is 8.10. The molecule has 0 saturated carbocycles. The summed E-state index contributed by atoms with van der Waals surface area (Å²) in [6, 6.07) is 19.6. The van der Waals surface area contributed by atoms with E-state index in [0.29, 0.717) is 16.3 Å². The van der Waals surface area contributed by atoms with E-state index in [-0.39, 0.29) is 11.8 Å². The molecule has 3 aromatic carbocycles. The van der Waals surface area contributed by atoms with Crippen molar-refractivity contribution in [2.75, 3.05) is 21.2 Å². The van der Waals surface area contributed by atoms with E-state index >= 15 is 0 Å². The van der Waals surface area contributed by atoms with E-state index in [1.165, 1.54) is 0 Å². The summed E-state index contributed by atoms with van der Waals surface area (Å²) in [5, 5.41) is 12.5. The van der Waals surface area contributed by atoms with E-state index < -0.39 is 0 Å². The van der Waals surface area contributed by atoms with Crippen molar-refractivity contribution in [3.63, 3.8) is 0 Å². The van der Waals surface area contributed by atoms with Gasteiger partial charge in [0.15, 0.2) is 0 Å². The number of halogens is 1. The summed E-state index contributed by atoms with van der Waals surface area (Å²) in [5.74, 6) is 1.33. The Hall–Kier alpha value is -3.49. The molecule has 0 saturated heterocycles. The van der Waals surface area contributed by atoms with Crippen molar-refractivity contribution in [3.05, 3.63) is 82.2 Å². The van der Waals surface area contributed by atoms with Gasteiger partial charge in [-0.15, -0.1) is 0 Å². The highest BCUT2D eigenvalue weighted by Crippen LogP contribution is 2.49. The Balaban J connectivity index is 2.04. The Morgan fingerprint density at radius 1 is 1.13 bits per heavy atom. The van der Waals surface area contributed by atoms with Crippen LogP contribution in [0.4, 0.5) is 0 Å². The molecular formula is C24H20ClN3O2. The number of methoxy groups -OCH3 is 1. The van der Waals surface area contributed by atoms with Crippen LogP contribution in [0.25, 0.3) is 10.8 Å². The number of aliphatic imine (C=N–C) groups is 1. The van der Waals surface area contributed by atoms with Gasteiger partial charge in [-0.1, -0.05) is 48.0 Å². The molecule has 1 heterocycles. The van der Waals surface area contributed by atoms with Crippen LogP contribution in [-0.2, 0) is 0 Å². The minimum absolute atomic E-state index is 0.286. The van der Waals surface area contributed by atoms with E-state index in [2.05, 4.69) is 11.1 Å². The highest BCUT2D eigenvalue weighted by Gasteiger charge is 2.33. The summed E-state index contributed by atoms with van der Waals surface area (Å²) in [4.78, 5) is 6.25. The zero-order valence-electron chi connectivity index (χ0n) is 16.9. The van der Waals surface area contributed by atoms with Crippen LogP contribution in [0.3, 0.4) is 0 Å². The molecule has 3 aromatic rings. The number of nitrogens with zero attached hydrogens (tertiary/aromatic N) is 3. The lowest BCUT2D eigenvalue weighted by Gasteiger charge is -2.28. The molecule has 0 spiro atoms. The summed E-state index contributed by atoms with van der Waals surface area (Å²) >= 11 is 6.11. The number of hydrogen-bond donors (Lipinski definition) is 0. The molecule has 1 atom stereocenters. The first-order chi connectivity index (χ1) is 14.5. The second-order valence-electron chi connectivity index (χ2n) is 7.17. The molecule has 6 heteroatoms. The van der Waals surface area contributed by atoms with Crippen molar-refractivity contribution in [2.24, 2.45) is 4.99 Å². The van der Waals surface area contributed by atoms with Crippen molar-refractivity contribution < 1.29 is 9.47 Å². The first kappa shape index (κ1) is 19.8. The molecule has 1 aliphatic heterocycles.